The van der Waals surface area contributed by atoms with Gasteiger partial charge >= 0.3 is 0 Å². The molecule has 1 atom stereocenters. The molecule has 0 bridgehead atoms. The van der Waals surface area contributed by atoms with E-state index < -0.39 is 8.32 Å². The van der Waals surface area contributed by atoms with Gasteiger partial charge in [-0.1, -0.05) is 39.0 Å². The zero-order chi connectivity index (χ0) is 29.6. The Morgan fingerprint density at radius 3 is 2.49 bits per heavy atom. The van der Waals surface area contributed by atoms with Crippen molar-refractivity contribution in [2.45, 2.75) is 76.5 Å². The zero-order valence-electron chi connectivity index (χ0n) is 25.8. The van der Waals surface area contributed by atoms with Gasteiger partial charge in [0.15, 0.2) is 8.32 Å². The number of carbonyl (C=O) groups excluding carboxylic acids is 1. The Morgan fingerprint density at radius 1 is 1.15 bits per heavy atom. The van der Waals surface area contributed by atoms with Crippen molar-refractivity contribution in [1.82, 2.24) is 14.8 Å². The Morgan fingerprint density at radius 2 is 1.85 bits per heavy atom. The number of hydrogen-bond acceptors (Lipinski definition) is 4. The monoisotopic (exact) mass is 579 g/mol. The van der Waals surface area contributed by atoms with Gasteiger partial charge < -0.3 is 23.9 Å². The van der Waals surface area contributed by atoms with E-state index >= 15 is 0 Å². The first kappa shape index (κ1) is 29.8. The minimum absolute atomic E-state index is 0.0794. The molecule has 2 aliphatic rings. The van der Waals surface area contributed by atoms with Gasteiger partial charge in [-0.05, 0) is 79.8 Å². The Bertz CT molecular complexity index is 1400. The molecule has 41 heavy (non-hydrogen) atoms. The minimum Gasteiger partial charge on any atom is -0.497 e. The number of H-pyrrole nitrogens is 1. The molecule has 2 aliphatic heterocycles. The predicted molar refractivity (Wildman–Crippen MR) is 166 cm³/mol. The summed E-state index contributed by atoms with van der Waals surface area (Å²) in [5.74, 6) is 0.762. The van der Waals surface area contributed by atoms with Crippen LogP contribution in [-0.2, 0) is 21.1 Å². The van der Waals surface area contributed by atoms with Crippen molar-refractivity contribution < 1.29 is 18.3 Å². The summed E-state index contributed by atoms with van der Waals surface area (Å²) < 4.78 is 26.5. The number of halogens is 1. The van der Waals surface area contributed by atoms with E-state index in [1.54, 1.807) is 20.1 Å². The van der Waals surface area contributed by atoms with Crippen molar-refractivity contribution >= 4 is 25.1 Å². The van der Waals surface area contributed by atoms with Gasteiger partial charge in [-0.2, -0.15) is 0 Å². The molecule has 3 aromatic rings. The fourth-order valence-corrected chi connectivity index (χ4v) is 7.42. The largest absolute Gasteiger partial charge is 0.497 e. The van der Waals surface area contributed by atoms with Crippen LogP contribution in [-0.4, -0.2) is 68.9 Å². The summed E-state index contributed by atoms with van der Waals surface area (Å²) in [7, 11) is -0.342. The van der Waals surface area contributed by atoms with E-state index in [0.717, 1.165) is 55.0 Å². The van der Waals surface area contributed by atoms with E-state index in [1.807, 2.05) is 18.2 Å². The molecular weight excluding hydrogens is 533 g/mol. The van der Waals surface area contributed by atoms with Gasteiger partial charge in [-0.3, -0.25) is 4.79 Å². The summed E-state index contributed by atoms with van der Waals surface area (Å²) in [5, 5.41) is 1.29. The molecule has 0 saturated carbocycles. The van der Waals surface area contributed by atoms with Gasteiger partial charge in [0, 0.05) is 48.1 Å². The molecule has 0 aliphatic carbocycles. The number of amides is 1. The third-order valence-electron chi connectivity index (χ3n) is 10.0. The summed E-state index contributed by atoms with van der Waals surface area (Å²) in [6.07, 6.45) is 2.58. The number of nitrogens with one attached hydrogen (secondary N) is 1. The molecule has 3 heterocycles. The van der Waals surface area contributed by atoms with Crippen LogP contribution in [0.5, 0.6) is 5.75 Å². The van der Waals surface area contributed by atoms with Crippen molar-refractivity contribution in [2.24, 2.45) is 0 Å². The average Bonchev–Trinajstić information content (AvgIpc) is 3.32. The molecule has 1 N–H and O–H groups in total. The molecule has 1 fully saturated rings. The topological polar surface area (TPSA) is 57.8 Å². The highest BCUT2D eigenvalue weighted by atomic mass is 28.4. The van der Waals surface area contributed by atoms with E-state index in [-0.39, 0.29) is 28.2 Å². The highest BCUT2D eigenvalue weighted by molar-refractivity contribution is 6.74. The van der Waals surface area contributed by atoms with Crippen LogP contribution >= 0.6 is 0 Å². The average molecular weight is 580 g/mol. The molecule has 0 unspecified atom stereocenters. The maximum atomic E-state index is 14.2. The molecule has 1 amide bonds. The minimum atomic E-state index is -2.03. The number of fused-ring (bicyclic) bond motifs is 4. The van der Waals surface area contributed by atoms with Crippen LogP contribution in [0, 0.1) is 5.82 Å². The number of likely N-dealkylation sites (tertiary alicyclic amines) is 1. The summed E-state index contributed by atoms with van der Waals surface area (Å²) in [6, 6.07) is 13.2. The van der Waals surface area contributed by atoms with Crippen LogP contribution in [0.15, 0.2) is 42.5 Å². The molecule has 1 aromatic heterocycles. The molecule has 6 nitrogen and oxygen atoms in total. The van der Waals surface area contributed by atoms with Gasteiger partial charge in [0.05, 0.1) is 19.8 Å². The molecule has 2 aromatic carbocycles. The normalized spacial score (nSPS) is 19.5. The predicted octanol–water partition coefficient (Wildman–Crippen LogP) is 6.82. The highest BCUT2D eigenvalue weighted by Crippen LogP contribution is 2.50. The van der Waals surface area contributed by atoms with Gasteiger partial charge in [0.25, 0.3) is 0 Å². The Labute approximate surface area is 245 Å². The SMILES string of the molecule is COc1ccc2c3c([nH]c2c1)[C@H](CO[Si](C)(C)C(C)(C)C)N(C(C)=O)CC31CCN(CCc2ccccc2F)CC1. The third kappa shape index (κ3) is 5.71. The fourth-order valence-electron chi connectivity index (χ4n) is 6.42. The van der Waals surface area contributed by atoms with Gasteiger partial charge in [0.2, 0.25) is 5.91 Å². The maximum Gasteiger partial charge on any atom is 0.220 e. The third-order valence-corrected chi connectivity index (χ3v) is 14.5. The number of aromatic amines is 1. The molecule has 0 radical (unpaired) electrons. The Kier molecular flexibility index (Phi) is 8.13. The lowest BCUT2D eigenvalue weighted by Gasteiger charge is -2.51. The Hall–Kier alpha value is -2.68. The number of rotatable bonds is 7. The van der Waals surface area contributed by atoms with E-state index in [9.17, 15) is 9.18 Å². The van der Waals surface area contributed by atoms with E-state index in [1.165, 1.54) is 17.0 Å². The number of aromatic nitrogens is 1. The van der Waals surface area contributed by atoms with Crippen LogP contribution in [0.1, 0.15) is 63.4 Å². The number of nitrogens with zero attached hydrogens (tertiary/aromatic N) is 2. The van der Waals surface area contributed by atoms with Crippen LogP contribution in [0.25, 0.3) is 10.9 Å². The van der Waals surface area contributed by atoms with E-state index in [2.05, 4.69) is 60.8 Å². The molecule has 5 rings (SSSR count). The van der Waals surface area contributed by atoms with Crippen LogP contribution in [0.3, 0.4) is 0 Å². The lowest BCUT2D eigenvalue weighted by molar-refractivity contribution is -0.134. The second-order valence-electron chi connectivity index (χ2n) is 13.5. The number of benzene rings is 2. The second kappa shape index (κ2) is 11.2. The van der Waals surface area contributed by atoms with Gasteiger partial charge in [-0.15, -0.1) is 0 Å². The lowest BCUT2D eigenvalue weighted by atomic mass is 9.68. The fraction of sp³-hybridized carbons (Fsp3) is 0.545. The summed E-state index contributed by atoms with van der Waals surface area (Å²) in [4.78, 5) is 21.5. The van der Waals surface area contributed by atoms with Crippen molar-refractivity contribution in [3.8, 4) is 5.75 Å². The van der Waals surface area contributed by atoms with E-state index in [4.69, 9.17) is 9.16 Å². The second-order valence-corrected chi connectivity index (χ2v) is 18.3. The Balaban J connectivity index is 1.47. The van der Waals surface area contributed by atoms with Crippen LogP contribution in [0.2, 0.25) is 18.1 Å². The number of ether oxygens (including phenoxy) is 1. The van der Waals surface area contributed by atoms with Crippen molar-refractivity contribution in [1.29, 1.82) is 0 Å². The number of piperidine rings is 1. The van der Waals surface area contributed by atoms with Crippen molar-refractivity contribution in [2.75, 3.05) is 39.9 Å². The number of hydrogen-bond donors (Lipinski definition) is 1. The molecule has 1 spiro atoms. The van der Waals surface area contributed by atoms with Gasteiger partial charge in [0.1, 0.15) is 11.6 Å². The summed E-state index contributed by atoms with van der Waals surface area (Å²) in [6.45, 7) is 16.8. The van der Waals surface area contributed by atoms with Crippen molar-refractivity contribution in [3.63, 3.8) is 0 Å². The molecule has 8 heteroatoms. The maximum absolute atomic E-state index is 14.2. The highest BCUT2D eigenvalue weighted by Gasteiger charge is 2.49. The first-order valence-corrected chi connectivity index (χ1v) is 17.8. The quantitative estimate of drug-likeness (QED) is 0.312. The number of carbonyl (C=O) groups is 1. The van der Waals surface area contributed by atoms with E-state index in [0.29, 0.717) is 19.6 Å². The molecular formula is C33H46FN3O3Si. The zero-order valence-corrected chi connectivity index (χ0v) is 26.8. The summed E-state index contributed by atoms with van der Waals surface area (Å²) in [5.41, 5.74) is 4.10. The van der Waals surface area contributed by atoms with Crippen LogP contribution in [0.4, 0.5) is 4.39 Å². The lowest BCUT2D eigenvalue weighted by Crippen LogP contribution is -2.55. The van der Waals surface area contributed by atoms with Gasteiger partial charge in [-0.25, -0.2) is 4.39 Å². The first-order valence-electron chi connectivity index (χ1n) is 14.9. The number of methoxy groups -OCH3 is 1. The van der Waals surface area contributed by atoms with Crippen LogP contribution < -0.4 is 4.74 Å². The standard InChI is InChI=1S/C33H46FN3O3Si/c1-23(38)37-22-33(15-18-36(19-16-33)17-14-24-10-8-9-11-27(24)34)30-26-13-12-25(39-5)20-28(26)35-31(30)29(37)21-40-41(6,7)32(2,3)4/h8-13,20,29,35H,14-19,21-22H2,1-7H3/t29-/m0/s1. The molecule has 222 valence electrons. The summed E-state index contributed by atoms with van der Waals surface area (Å²) >= 11 is 0. The smallest absolute Gasteiger partial charge is 0.220 e. The first-order chi connectivity index (χ1) is 19.3. The van der Waals surface area contributed by atoms with Crippen molar-refractivity contribution in [3.05, 3.63) is 65.1 Å². The molecule has 1 saturated heterocycles.